The first kappa shape index (κ1) is 15.8. The Hall–Kier alpha value is -0.570. The van der Waals surface area contributed by atoms with Crippen molar-refractivity contribution < 1.29 is 4.79 Å². The summed E-state index contributed by atoms with van der Waals surface area (Å²) < 4.78 is 0. The topological polar surface area (TPSA) is 46.3 Å². The predicted molar refractivity (Wildman–Crippen MR) is 83.3 cm³/mol. The zero-order valence-electron chi connectivity index (χ0n) is 13.5. The molecule has 0 bridgehead atoms. The van der Waals surface area contributed by atoms with Crippen LogP contribution in [0.3, 0.4) is 0 Å². The van der Waals surface area contributed by atoms with Gasteiger partial charge < -0.3 is 10.6 Å². The van der Waals surface area contributed by atoms with Crippen LogP contribution in [-0.4, -0.2) is 29.9 Å². The van der Waals surface area contributed by atoms with Crippen LogP contribution in [0.1, 0.15) is 65.2 Å². The van der Waals surface area contributed by atoms with Crippen LogP contribution in [0.4, 0.5) is 0 Å². The molecule has 2 saturated carbocycles. The summed E-state index contributed by atoms with van der Waals surface area (Å²) in [6, 6.07) is 0.694. The first-order chi connectivity index (χ1) is 9.52. The zero-order valence-corrected chi connectivity index (χ0v) is 13.5. The molecule has 20 heavy (non-hydrogen) atoms. The van der Waals surface area contributed by atoms with Gasteiger partial charge in [0.25, 0.3) is 0 Å². The van der Waals surface area contributed by atoms with Crippen molar-refractivity contribution in [1.82, 2.24) is 4.90 Å². The highest BCUT2D eigenvalue weighted by Gasteiger charge is 2.35. The van der Waals surface area contributed by atoms with Gasteiger partial charge >= 0.3 is 0 Å². The Morgan fingerprint density at radius 2 is 1.80 bits per heavy atom. The van der Waals surface area contributed by atoms with Crippen LogP contribution >= 0.6 is 0 Å². The quantitative estimate of drug-likeness (QED) is 0.863. The van der Waals surface area contributed by atoms with E-state index in [2.05, 4.69) is 18.7 Å². The predicted octanol–water partition coefficient (Wildman–Crippen LogP) is 3.18. The molecule has 3 heteroatoms. The Labute approximate surface area is 124 Å². The summed E-state index contributed by atoms with van der Waals surface area (Å²) in [6.45, 7) is 4.50. The molecule has 0 heterocycles. The first-order valence-electron chi connectivity index (χ1n) is 8.55. The fourth-order valence-electron chi connectivity index (χ4n) is 4.08. The van der Waals surface area contributed by atoms with Gasteiger partial charge in [-0.1, -0.05) is 20.3 Å². The van der Waals surface area contributed by atoms with Gasteiger partial charge in [-0.15, -0.1) is 0 Å². The highest BCUT2D eigenvalue weighted by Crippen LogP contribution is 2.33. The lowest BCUT2D eigenvalue weighted by Gasteiger charge is -2.39. The summed E-state index contributed by atoms with van der Waals surface area (Å²) in [5, 5.41) is 0. The smallest absolute Gasteiger partial charge is 0.225 e. The SMILES string of the molecule is CCC1CCC(N(C)C(=O)C2CC(N)CCC2C)CC1. The monoisotopic (exact) mass is 280 g/mol. The molecule has 2 rings (SSSR count). The fraction of sp³-hybridized carbons (Fsp3) is 0.941. The van der Waals surface area contributed by atoms with E-state index >= 15 is 0 Å². The van der Waals surface area contributed by atoms with Crippen LogP contribution in [0.25, 0.3) is 0 Å². The minimum absolute atomic E-state index is 0.160. The fourth-order valence-corrected chi connectivity index (χ4v) is 4.08. The molecule has 0 aromatic heterocycles. The molecular formula is C17H32N2O. The number of hydrogen-bond acceptors (Lipinski definition) is 2. The second-order valence-electron chi connectivity index (χ2n) is 7.19. The summed E-state index contributed by atoms with van der Waals surface area (Å²) in [7, 11) is 2.02. The molecule has 2 fully saturated rings. The maximum Gasteiger partial charge on any atom is 0.225 e. The van der Waals surface area contributed by atoms with E-state index in [1.54, 1.807) is 0 Å². The van der Waals surface area contributed by atoms with Gasteiger partial charge in [-0.2, -0.15) is 0 Å². The van der Waals surface area contributed by atoms with E-state index in [0.29, 0.717) is 17.9 Å². The van der Waals surface area contributed by atoms with Gasteiger partial charge in [0.05, 0.1) is 0 Å². The molecule has 0 aromatic rings. The minimum atomic E-state index is 0.160. The number of carbonyl (C=O) groups is 1. The Balaban J connectivity index is 1.91. The molecule has 2 aliphatic carbocycles. The van der Waals surface area contributed by atoms with Crippen molar-refractivity contribution in [2.45, 2.75) is 77.3 Å². The largest absolute Gasteiger partial charge is 0.343 e. The first-order valence-corrected chi connectivity index (χ1v) is 8.55. The third-order valence-corrected chi connectivity index (χ3v) is 5.84. The van der Waals surface area contributed by atoms with E-state index < -0.39 is 0 Å². The highest BCUT2D eigenvalue weighted by atomic mass is 16.2. The van der Waals surface area contributed by atoms with Crippen LogP contribution in [0.15, 0.2) is 0 Å². The van der Waals surface area contributed by atoms with E-state index in [4.69, 9.17) is 5.73 Å². The second kappa shape index (κ2) is 6.93. The lowest BCUT2D eigenvalue weighted by Crippen LogP contribution is -2.47. The van der Waals surface area contributed by atoms with Gasteiger partial charge in [0.2, 0.25) is 5.91 Å². The maximum atomic E-state index is 12.8. The van der Waals surface area contributed by atoms with Crippen LogP contribution in [0.5, 0.6) is 0 Å². The number of amides is 1. The van der Waals surface area contributed by atoms with Gasteiger partial charge in [-0.25, -0.2) is 0 Å². The Bertz CT molecular complexity index is 323. The molecular weight excluding hydrogens is 248 g/mol. The van der Waals surface area contributed by atoms with Gasteiger partial charge in [0.15, 0.2) is 0 Å². The molecule has 1 amide bonds. The van der Waals surface area contributed by atoms with Crippen molar-refractivity contribution in [2.75, 3.05) is 7.05 Å². The average Bonchev–Trinajstić information content (AvgIpc) is 2.48. The van der Waals surface area contributed by atoms with Crippen LogP contribution < -0.4 is 5.73 Å². The molecule has 2 N–H and O–H groups in total. The molecule has 0 spiro atoms. The number of nitrogens with two attached hydrogens (primary N) is 1. The molecule has 0 saturated heterocycles. The lowest BCUT2D eigenvalue weighted by atomic mass is 9.77. The summed E-state index contributed by atoms with van der Waals surface area (Å²) in [6.07, 6.45) is 9.32. The number of hydrogen-bond donors (Lipinski definition) is 1. The summed E-state index contributed by atoms with van der Waals surface area (Å²) in [5.41, 5.74) is 6.07. The van der Waals surface area contributed by atoms with Crippen LogP contribution in [-0.2, 0) is 4.79 Å². The van der Waals surface area contributed by atoms with Gasteiger partial charge in [-0.05, 0) is 56.8 Å². The van der Waals surface area contributed by atoms with E-state index in [1.807, 2.05) is 7.05 Å². The number of rotatable bonds is 3. The normalized spacial score (nSPS) is 38.5. The summed E-state index contributed by atoms with van der Waals surface area (Å²) in [5.74, 6) is 1.90. The van der Waals surface area contributed by atoms with E-state index in [0.717, 1.165) is 25.2 Å². The minimum Gasteiger partial charge on any atom is -0.343 e. The Morgan fingerprint density at radius 1 is 1.15 bits per heavy atom. The summed E-state index contributed by atoms with van der Waals surface area (Å²) >= 11 is 0. The molecule has 3 nitrogen and oxygen atoms in total. The number of nitrogens with zero attached hydrogens (tertiary/aromatic N) is 1. The van der Waals surface area contributed by atoms with Crippen molar-refractivity contribution >= 4 is 5.91 Å². The van der Waals surface area contributed by atoms with Crippen LogP contribution in [0.2, 0.25) is 0 Å². The Kier molecular flexibility index (Phi) is 5.48. The van der Waals surface area contributed by atoms with Crippen molar-refractivity contribution in [3.8, 4) is 0 Å². The standard InChI is InChI=1S/C17H32N2O/c1-4-13-6-9-15(10-7-13)19(3)17(20)16-11-14(18)8-5-12(16)2/h12-16H,4-11,18H2,1-3H3. The number of carbonyl (C=O) groups excluding carboxylic acids is 1. The Morgan fingerprint density at radius 3 is 2.40 bits per heavy atom. The lowest BCUT2D eigenvalue weighted by molar-refractivity contribution is -0.140. The summed E-state index contributed by atoms with van der Waals surface area (Å²) in [4.78, 5) is 14.8. The molecule has 0 aliphatic heterocycles. The van der Waals surface area contributed by atoms with Gasteiger partial charge in [-0.3, -0.25) is 4.79 Å². The highest BCUT2D eigenvalue weighted by molar-refractivity contribution is 5.79. The molecule has 116 valence electrons. The molecule has 0 radical (unpaired) electrons. The molecule has 2 aliphatic rings. The van der Waals surface area contributed by atoms with Crippen LogP contribution in [0, 0.1) is 17.8 Å². The second-order valence-corrected chi connectivity index (χ2v) is 7.19. The third kappa shape index (κ3) is 3.55. The average molecular weight is 280 g/mol. The van der Waals surface area contributed by atoms with Gasteiger partial charge in [0, 0.05) is 25.0 Å². The van der Waals surface area contributed by atoms with Crippen molar-refractivity contribution in [3.05, 3.63) is 0 Å². The van der Waals surface area contributed by atoms with E-state index in [-0.39, 0.29) is 12.0 Å². The zero-order chi connectivity index (χ0) is 14.7. The van der Waals surface area contributed by atoms with E-state index in [9.17, 15) is 4.79 Å². The molecule has 3 atom stereocenters. The van der Waals surface area contributed by atoms with Crippen molar-refractivity contribution in [1.29, 1.82) is 0 Å². The molecule has 3 unspecified atom stereocenters. The van der Waals surface area contributed by atoms with Gasteiger partial charge in [0.1, 0.15) is 0 Å². The molecule has 0 aromatic carbocycles. The van der Waals surface area contributed by atoms with Crippen molar-refractivity contribution in [3.63, 3.8) is 0 Å². The third-order valence-electron chi connectivity index (χ3n) is 5.84. The van der Waals surface area contributed by atoms with Crippen molar-refractivity contribution in [2.24, 2.45) is 23.5 Å². The maximum absolute atomic E-state index is 12.8. The van der Waals surface area contributed by atoms with E-state index in [1.165, 1.54) is 32.1 Å².